The number of hydrogen-bond donors (Lipinski definition) is 3. The number of alkyl halides is 6. The number of methoxy groups -OCH3 is 1. The normalized spacial score (nSPS) is 19.4. The van der Waals surface area contributed by atoms with Crippen LogP contribution < -0.4 is 20.7 Å². The van der Waals surface area contributed by atoms with E-state index in [1.165, 1.54) is 43.5 Å². The molecular formula is C30H32ClF6N3O5. The van der Waals surface area contributed by atoms with Crippen LogP contribution in [0, 0.1) is 11.3 Å². The maximum Gasteiger partial charge on any atom is 0.403 e. The van der Waals surface area contributed by atoms with Crippen molar-refractivity contribution in [2.45, 2.75) is 63.5 Å². The van der Waals surface area contributed by atoms with Gasteiger partial charge in [-0.2, -0.15) is 26.3 Å². The highest BCUT2D eigenvalue weighted by molar-refractivity contribution is 6.34. The molecule has 0 spiro atoms. The lowest BCUT2D eigenvalue weighted by atomic mass is 9.85. The molecule has 2 aromatic carbocycles. The quantitative estimate of drug-likeness (QED) is 0.190. The van der Waals surface area contributed by atoms with E-state index >= 15 is 0 Å². The Labute approximate surface area is 260 Å². The zero-order valence-corrected chi connectivity index (χ0v) is 24.9. The molecule has 2 fully saturated rings. The number of hydrogen-bond acceptors (Lipinski definition) is 5. The van der Waals surface area contributed by atoms with E-state index < -0.39 is 47.4 Å². The van der Waals surface area contributed by atoms with E-state index in [9.17, 15) is 40.7 Å². The number of nitrogens with one attached hydrogen (secondary N) is 3. The van der Waals surface area contributed by atoms with Crippen LogP contribution in [0.2, 0.25) is 5.02 Å². The lowest BCUT2D eigenvalue weighted by Gasteiger charge is -2.30. The van der Waals surface area contributed by atoms with E-state index in [-0.39, 0.29) is 85.9 Å². The van der Waals surface area contributed by atoms with Gasteiger partial charge in [0.25, 0.3) is 11.8 Å². The molecular weight excluding hydrogens is 632 g/mol. The summed E-state index contributed by atoms with van der Waals surface area (Å²) >= 11 is 6.22. The van der Waals surface area contributed by atoms with Gasteiger partial charge in [0.15, 0.2) is 0 Å². The van der Waals surface area contributed by atoms with Crippen LogP contribution in [0.4, 0.5) is 32.0 Å². The highest BCUT2D eigenvalue weighted by Crippen LogP contribution is 2.57. The van der Waals surface area contributed by atoms with Gasteiger partial charge in [-0.25, -0.2) is 0 Å². The number of carbonyl (C=O) groups excluding carboxylic acids is 3. The van der Waals surface area contributed by atoms with Crippen molar-refractivity contribution in [2.75, 3.05) is 25.6 Å². The van der Waals surface area contributed by atoms with Gasteiger partial charge in [0.1, 0.15) is 17.8 Å². The van der Waals surface area contributed by atoms with Gasteiger partial charge >= 0.3 is 12.4 Å². The highest BCUT2D eigenvalue weighted by Gasteiger charge is 2.68. The third-order valence-electron chi connectivity index (χ3n) is 8.01. The fourth-order valence-corrected chi connectivity index (χ4v) is 5.35. The summed E-state index contributed by atoms with van der Waals surface area (Å²) in [6, 6.07) is 7.95. The molecule has 4 rings (SSSR count). The SMILES string of the molecule is COCCOc1ccc(NC(=O)c2cc(CNC(=O)C3(C(F)(F)F)CC3)ccc2Cl)cc1C(=O)NC1CCC(C(F)(F)F)CC1. The number of ether oxygens (including phenoxy) is 2. The smallest absolute Gasteiger partial charge is 0.403 e. The van der Waals surface area contributed by atoms with E-state index in [1.54, 1.807) is 0 Å². The molecule has 0 aromatic heterocycles. The van der Waals surface area contributed by atoms with Crippen molar-refractivity contribution in [3.8, 4) is 5.75 Å². The van der Waals surface area contributed by atoms with Crippen molar-refractivity contribution >= 4 is 35.0 Å². The lowest BCUT2D eigenvalue weighted by Crippen LogP contribution is -2.40. The van der Waals surface area contributed by atoms with E-state index in [2.05, 4.69) is 16.0 Å². The molecule has 2 aliphatic carbocycles. The Kier molecular flexibility index (Phi) is 10.6. The maximum atomic E-state index is 13.2. The lowest BCUT2D eigenvalue weighted by molar-refractivity contribution is -0.192. The van der Waals surface area contributed by atoms with Crippen LogP contribution in [0.15, 0.2) is 36.4 Å². The Morgan fingerprint density at radius 3 is 2.20 bits per heavy atom. The molecule has 3 amide bonds. The van der Waals surface area contributed by atoms with Gasteiger partial charge in [-0.15, -0.1) is 0 Å². The van der Waals surface area contributed by atoms with Crippen LogP contribution in [0.25, 0.3) is 0 Å². The second kappa shape index (κ2) is 13.9. The van der Waals surface area contributed by atoms with Crippen LogP contribution >= 0.6 is 11.6 Å². The Balaban J connectivity index is 1.45. The number of benzene rings is 2. The molecule has 0 saturated heterocycles. The van der Waals surface area contributed by atoms with Crippen molar-refractivity contribution < 1.29 is 50.2 Å². The van der Waals surface area contributed by atoms with Crippen LogP contribution in [-0.2, 0) is 16.1 Å². The first-order valence-corrected chi connectivity index (χ1v) is 14.6. The largest absolute Gasteiger partial charge is 0.490 e. The highest BCUT2D eigenvalue weighted by atomic mass is 35.5. The number of halogens is 7. The van der Waals surface area contributed by atoms with Crippen molar-refractivity contribution in [1.82, 2.24) is 10.6 Å². The Morgan fingerprint density at radius 2 is 1.60 bits per heavy atom. The molecule has 8 nitrogen and oxygen atoms in total. The molecule has 246 valence electrons. The minimum absolute atomic E-state index is 0.0306. The average Bonchev–Trinajstić information content (AvgIpc) is 3.80. The zero-order valence-electron chi connectivity index (χ0n) is 24.2. The summed E-state index contributed by atoms with van der Waals surface area (Å²) in [7, 11) is 1.47. The Hall–Kier alpha value is -3.52. The summed E-state index contributed by atoms with van der Waals surface area (Å²) in [6.45, 7) is 0.0481. The van der Waals surface area contributed by atoms with Gasteiger partial charge in [-0.3, -0.25) is 14.4 Å². The standard InChI is InChI=1S/C30H32ClF6N3O5/c1-44-12-13-45-24-9-7-20(15-22(24)26(42)39-19-5-3-18(4-6-19)29(32,33)34)40-25(41)21-14-17(2-8-23(21)31)16-38-27(43)28(10-11-28)30(35,36)37/h2,7-9,14-15,18-19H,3-6,10-13,16H2,1H3,(H,38,43)(H,39,42)(H,40,41). The first-order chi connectivity index (χ1) is 21.1. The van der Waals surface area contributed by atoms with E-state index in [4.69, 9.17) is 21.1 Å². The monoisotopic (exact) mass is 663 g/mol. The molecule has 45 heavy (non-hydrogen) atoms. The maximum absolute atomic E-state index is 13.2. The van der Waals surface area contributed by atoms with Gasteiger partial charge in [0.2, 0.25) is 5.91 Å². The molecule has 0 bridgehead atoms. The van der Waals surface area contributed by atoms with E-state index in [0.29, 0.717) is 5.56 Å². The van der Waals surface area contributed by atoms with Gasteiger partial charge in [-0.1, -0.05) is 17.7 Å². The molecule has 0 radical (unpaired) electrons. The molecule has 0 aliphatic heterocycles. The predicted octanol–water partition coefficient (Wildman–Crippen LogP) is 6.43. The number of carbonyl (C=O) groups is 3. The summed E-state index contributed by atoms with van der Waals surface area (Å²) < 4.78 is 89.5. The predicted molar refractivity (Wildman–Crippen MR) is 152 cm³/mol. The topological polar surface area (TPSA) is 106 Å². The minimum Gasteiger partial charge on any atom is -0.490 e. The molecule has 0 unspecified atom stereocenters. The number of rotatable bonds is 11. The summed E-state index contributed by atoms with van der Waals surface area (Å²) in [5, 5.41) is 7.68. The van der Waals surface area contributed by atoms with Crippen molar-refractivity contribution in [2.24, 2.45) is 11.3 Å². The molecule has 2 aromatic rings. The summed E-state index contributed by atoms with van der Waals surface area (Å²) in [5.74, 6) is -3.69. The van der Waals surface area contributed by atoms with Gasteiger partial charge in [0.05, 0.1) is 28.7 Å². The van der Waals surface area contributed by atoms with E-state index in [1.807, 2.05) is 0 Å². The first kappa shape index (κ1) is 34.4. The van der Waals surface area contributed by atoms with Gasteiger partial charge in [0, 0.05) is 25.4 Å². The minimum atomic E-state index is -4.66. The average molecular weight is 664 g/mol. The van der Waals surface area contributed by atoms with Crippen LogP contribution in [0.5, 0.6) is 5.75 Å². The summed E-state index contributed by atoms with van der Waals surface area (Å²) in [5.41, 5.74) is -1.89. The molecule has 0 heterocycles. The van der Waals surface area contributed by atoms with Crippen molar-refractivity contribution in [3.63, 3.8) is 0 Å². The van der Waals surface area contributed by atoms with Crippen LogP contribution in [0.1, 0.15) is 64.8 Å². The molecule has 3 N–H and O–H groups in total. The van der Waals surface area contributed by atoms with Crippen LogP contribution in [-0.4, -0.2) is 56.4 Å². The third kappa shape index (κ3) is 8.40. The number of amides is 3. The molecule has 2 saturated carbocycles. The fraction of sp³-hybridized carbons (Fsp3) is 0.500. The second-order valence-electron chi connectivity index (χ2n) is 11.1. The van der Waals surface area contributed by atoms with E-state index in [0.717, 1.165) is 0 Å². The van der Waals surface area contributed by atoms with Gasteiger partial charge < -0.3 is 25.4 Å². The van der Waals surface area contributed by atoms with Crippen molar-refractivity contribution in [3.05, 3.63) is 58.1 Å². The first-order valence-electron chi connectivity index (χ1n) is 14.2. The second-order valence-corrected chi connectivity index (χ2v) is 11.6. The summed E-state index contributed by atoms with van der Waals surface area (Å²) in [4.78, 5) is 38.6. The van der Waals surface area contributed by atoms with Crippen molar-refractivity contribution in [1.29, 1.82) is 0 Å². The third-order valence-corrected chi connectivity index (χ3v) is 8.34. The molecule has 15 heteroatoms. The zero-order chi connectivity index (χ0) is 33.0. The molecule has 0 atom stereocenters. The number of anilines is 1. The fourth-order valence-electron chi connectivity index (χ4n) is 5.14. The molecule has 2 aliphatic rings. The Morgan fingerprint density at radius 1 is 0.911 bits per heavy atom. The van der Waals surface area contributed by atoms with Gasteiger partial charge in [-0.05, 0) is 74.4 Å². The van der Waals surface area contributed by atoms with Crippen LogP contribution in [0.3, 0.4) is 0 Å². The Bertz CT molecular complexity index is 1410. The summed E-state index contributed by atoms with van der Waals surface area (Å²) in [6.07, 6.45) is -9.42.